The molecule has 0 spiro atoms. The second-order valence-corrected chi connectivity index (χ2v) is 21.5. The molecule has 0 aliphatic rings. The van der Waals surface area contributed by atoms with Crippen molar-refractivity contribution < 1.29 is 26.3 Å². The average Bonchev–Trinajstić information content (AvgIpc) is 1.52. The van der Waals surface area contributed by atoms with Gasteiger partial charge < -0.3 is 9.13 Å². The summed E-state index contributed by atoms with van der Waals surface area (Å²) in [6.45, 7) is 0. The summed E-state index contributed by atoms with van der Waals surface area (Å²) in [7, 11) is 0. The Kier molecular flexibility index (Phi) is 13.3. The van der Waals surface area contributed by atoms with Gasteiger partial charge in [0.2, 0.25) is 0 Å². The van der Waals surface area contributed by atoms with Gasteiger partial charge in [0.25, 0.3) is 0 Å². The Morgan fingerprint density at radius 3 is 1.01 bits per heavy atom. The van der Waals surface area contributed by atoms with E-state index in [1.54, 1.807) is 24.3 Å². The molecule has 4 heterocycles. The van der Waals surface area contributed by atoms with Crippen LogP contribution in [-0.4, -0.2) is 39.0 Å². The molecule has 430 valence electrons. The molecule has 0 amide bonds. The number of alkyl halides is 6. The molecule has 11 aromatic carbocycles. The molecule has 0 saturated heterocycles. The minimum atomic E-state index is -5.18. The van der Waals surface area contributed by atoms with Crippen molar-refractivity contribution >= 4 is 43.6 Å². The van der Waals surface area contributed by atoms with Gasteiger partial charge in [0.1, 0.15) is 0 Å². The average molecular weight is 1180 g/mol. The Hall–Kier alpha value is -11.9. The van der Waals surface area contributed by atoms with E-state index in [-0.39, 0.29) is 11.3 Å². The lowest BCUT2D eigenvalue weighted by Gasteiger charge is -2.22. The van der Waals surface area contributed by atoms with E-state index in [2.05, 4.69) is 6.07 Å². The van der Waals surface area contributed by atoms with Gasteiger partial charge in [0.15, 0.2) is 34.9 Å². The van der Waals surface area contributed by atoms with Crippen LogP contribution >= 0.6 is 0 Å². The molecule has 0 radical (unpaired) electrons. The summed E-state index contributed by atoms with van der Waals surface area (Å²) < 4.78 is 95.5. The van der Waals surface area contributed by atoms with Gasteiger partial charge in [-0.2, -0.15) is 31.6 Å². The first-order chi connectivity index (χ1) is 43.8. The van der Waals surface area contributed by atoms with Crippen molar-refractivity contribution in [1.29, 1.82) is 5.26 Å². The monoisotopic (exact) mass is 1180 g/mol. The second-order valence-electron chi connectivity index (χ2n) is 21.5. The zero-order chi connectivity index (χ0) is 61.3. The van der Waals surface area contributed by atoms with Gasteiger partial charge in [0, 0.05) is 71.6 Å². The van der Waals surface area contributed by atoms with Gasteiger partial charge in [-0.15, -0.1) is 0 Å². The first kappa shape index (κ1) is 54.7. The molecular formula is C75H43F6N9. The topological polar surface area (TPSA) is 111 Å². The summed E-state index contributed by atoms with van der Waals surface area (Å²) in [5.74, 6) is 2.66. The third-order valence-corrected chi connectivity index (χ3v) is 16.1. The molecular weight excluding hydrogens is 1140 g/mol. The summed E-state index contributed by atoms with van der Waals surface area (Å²) in [4.78, 5) is 29.8. The Balaban J connectivity index is 0.975. The third-order valence-electron chi connectivity index (χ3n) is 16.1. The molecule has 0 bridgehead atoms. The molecule has 0 aliphatic heterocycles. The summed E-state index contributed by atoms with van der Waals surface area (Å²) in [5.41, 5.74) is 4.85. The lowest BCUT2D eigenvalue weighted by atomic mass is 9.90. The van der Waals surface area contributed by atoms with Crippen LogP contribution in [0.4, 0.5) is 26.3 Å². The predicted octanol–water partition coefficient (Wildman–Crippen LogP) is 19.5. The number of rotatable bonds is 10. The quantitative estimate of drug-likeness (QED) is 0.125. The molecule has 0 aliphatic carbocycles. The third kappa shape index (κ3) is 9.73. The number of aromatic nitrogens is 8. The Morgan fingerprint density at radius 1 is 0.289 bits per heavy atom. The van der Waals surface area contributed by atoms with Crippen LogP contribution in [0.5, 0.6) is 0 Å². The SMILES string of the molecule is N#Cc1ccc(-c2ccc(-c3c(C(F)(F)F)cccc3C(F)(F)F)cc2-n2c3ccccc3c3cc(-c4nc(-c5ccccc5)nc(-c5ccccc5)n4)ccc32)c(-n2c3ccccc3c3cc(-c4nc(-c5ccccc5)nc(-c5ccccc5)n4)ccc32)c1. The fourth-order valence-electron chi connectivity index (χ4n) is 12.1. The summed E-state index contributed by atoms with van der Waals surface area (Å²) >= 11 is 0. The zero-order valence-electron chi connectivity index (χ0n) is 47.1. The van der Waals surface area contributed by atoms with Crippen molar-refractivity contribution in [3.05, 3.63) is 278 Å². The maximum Gasteiger partial charge on any atom is 0.417 e. The number of nitrogens with zero attached hydrogens (tertiary/aromatic N) is 9. The number of benzene rings is 11. The summed E-state index contributed by atoms with van der Waals surface area (Å²) in [5, 5.41) is 13.7. The van der Waals surface area contributed by atoms with Gasteiger partial charge in [0.05, 0.1) is 56.2 Å². The molecule has 0 unspecified atom stereocenters. The van der Waals surface area contributed by atoms with Crippen molar-refractivity contribution in [2.24, 2.45) is 0 Å². The fourth-order valence-corrected chi connectivity index (χ4v) is 12.1. The standard InChI is InChI=1S/C75H43F6N9/c76-74(77,78)59-28-17-29-60(75(79,80)81)67(59)50-33-37-56(66(43-50)90-62-31-16-14-27-54(62)58-42-52(35-39-64(58)90)73-87-70(48-22-9-3-10-23-48)84-71(88-73)49-24-11-4-12-25-49)55-36-32-45(44-82)40-65(55)89-61-30-15-13-26-53(61)57-41-51(34-38-63(57)89)72-85-68(46-18-5-1-6-19-46)83-69(86-72)47-20-7-2-8-21-47/h1-43H. The Morgan fingerprint density at radius 2 is 0.622 bits per heavy atom. The molecule has 0 N–H and O–H groups in total. The van der Waals surface area contributed by atoms with Crippen LogP contribution in [0, 0.1) is 11.3 Å². The van der Waals surface area contributed by atoms with E-state index in [9.17, 15) is 5.26 Å². The van der Waals surface area contributed by atoms with Crippen molar-refractivity contribution in [3.8, 4) is 108 Å². The molecule has 90 heavy (non-hydrogen) atoms. The van der Waals surface area contributed by atoms with Gasteiger partial charge in [-0.25, -0.2) is 29.9 Å². The predicted molar refractivity (Wildman–Crippen MR) is 340 cm³/mol. The number of nitriles is 1. The first-order valence-corrected chi connectivity index (χ1v) is 28.6. The first-order valence-electron chi connectivity index (χ1n) is 28.6. The van der Waals surface area contributed by atoms with Crippen LogP contribution in [0.1, 0.15) is 16.7 Å². The maximum atomic E-state index is 15.3. The Bertz CT molecular complexity index is 5200. The van der Waals surface area contributed by atoms with Crippen LogP contribution in [0.25, 0.3) is 146 Å². The number of halogens is 6. The summed E-state index contributed by atoms with van der Waals surface area (Å²) in [6.07, 6.45) is -10.4. The van der Waals surface area contributed by atoms with Gasteiger partial charge >= 0.3 is 12.4 Å². The van der Waals surface area contributed by atoms with Crippen molar-refractivity contribution in [2.75, 3.05) is 0 Å². The van der Waals surface area contributed by atoms with Gasteiger partial charge in [-0.1, -0.05) is 182 Å². The molecule has 15 aromatic rings. The van der Waals surface area contributed by atoms with E-state index >= 15 is 26.3 Å². The normalized spacial score (nSPS) is 11.9. The van der Waals surface area contributed by atoms with Crippen LogP contribution < -0.4 is 0 Å². The number of fused-ring (bicyclic) bond motifs is 6. The minimum absolute atomic E-state index is 0.252. The van der Waals surface area contributed by atoms with E-state index in [1.807, 2.05) is 215 Å². The number of hydrogen-bond acceptors (Lipinski definition) is 7. The highest BCUT2D eigenvalue weighted by molar-refractivity contribution is 6.13. The fraction of sp³-hybridized carbons (Fsp3) is 0.0267. The molecule has 4 aromatic heterocycles. The number of hydrogen-bond donors (Lipinski definition) is 0. The van der Waals surface area contributed by atoms with Crippen LogP contribution in [0.2, 0.25) is 0 Å². The molecule has 15 rings (SSSR count). The maximum absolute atomic E-state index is 15.3. The van der Waals surface area contributed by atoms with E-state index < -0.39 is 29.0 Å². The Labute approximate surface area is 509 Å². The van der Waals surface area contributed by atoms with Crippen molar-refractivity contribution in [1.82, 2.24) is 39.0 Å². The van der Waals surface area contributed by atoms with E-state index in [0.717, 1.165) is 55.5 Å². The van der Waals surface area contributed by atoms with E-state index in [4.69, 9.17) is 29.9 Å². The van der Waals surface area contributed by atoms with Crippen LogP contribution in [0.15, 0.2) is 261 Å². The lowest BCUT2D eigenvalue weighted by molar-refractivity contribution is -0.142. The lowest BCUT2D eigenvalue weighted by Crippen LogP contribution is -2.14. The van der Waals surface area contributed by atoms with Crippen LogP contribution in [-0.2, 0) is 12.4 Å². The highest BCUT2D eigenvalue weighted by Gasteiger charge is 2.41. The highest BCUT2D eigenvalue weighted by Crippen LogP contribution is 2.48. The molecule has 0 saturated carbocycles. The molecule has 9 nitrogen and oxygen atoms in total. The van der Waals surface area contributed by atoms with Crippen LogP contribution in [0.3, 0.4) is 0 Å². The molecule has 15 heteroatoms. The minimum Gasteiger partial charge on any atom is -0.309 e. The van der Waals surface area contributed by atoms with Gasteiger partial charge in [-0.3, -0.25) is 0 Å². The second kappa shape index (κ2) is 21.8. The highest BCUT2D eigenvalue weighted by atomic mass is 19.4. The summed E-state index contributed by atoms with van der Waals surface area (Å²) in [6, 6.07) is 79.1. The van der Waals surface area contributed by atoms with Gasteiger partial charge in [-0.05, 0) is 84.4 Å². The molecule has 0 atom stereocenters. The molecule has 0 fully saturated rings. The van der Waals surface area contributed by atoms with Crippen molar-refractivity contribution in [2.45, 2.75) is 12.4 Å². The van der Waals surface area contributed by atoms with E-state index in [1.165, 1.54) is 12.1 Å². The largest absolute Gasteiger partial charge is 0.417 e. The smallest absolute Gasteiger partial charge is 0.309 e. The van der Waals surface area contributed by atoms with E-state index in [0.29, 0.717) is 97.0 Å². The number of para-hydroxylation sites is 2. The van der Waals surface area contributed by atoms with Crippen molar-refractivity contribution in [3.63, 3.8) is 0 Å². The zero-order valence-corrected chi connectivity index (χ0v) is 47.1.